The van der Waals surface area contributed by atoms with Gasteiger partial charge < -0.3 is 5.32 Å². The molecule has 0 aliphatic heterocycles. The molecule has 2 rings (SSSR count). The summed E-state index contributed by atoms with van der Waals surface area (Å²) < 4.78 is 0. The van der Waals surface area contributed by atoms with Gasteiger partial charge in [0.1, 0.15) is 11.8 Å². The van der Waals surface area contributed by atoms with Gasteiger partial charge in [0.15, 0.2) is 0 Å². The van der Waals surface area contributed by atoms with Crippen LogP contribution in [0.4, 0.5) is 11.4 Å². The fraction of sp³-hybridized carbons (Fsp3) is 0.167. The van der Waals surface area contributed by atoms with E-state index in [-0.39, 0.29) is 5.69 Å². The van der Waals surface area contributed by atoms with E-state index in [1.54, 1.807) is 18.2 Å². The molecule has 116 valence electrons. The zero-order valence-electron chi connectivity index (χ0n) is 13.0. The normalized spacial score (nSPS) is 11.1. The van der Waals surface area contributed by atoms with Crippen molar-refractivity contribution in [2.75, 3.05) is 5.32 Å². The number of nitriles is 1. The fourth-order valence-corrected chi connectivity index (χ4v) is 2.06. The van der Waals surface area contributed by atoms with Crippen LogP contribution in [0.3, 0.4) is 0 Å². The van der Waals surface area contributed by atoms with E-state index in [0.29, 0.717) is 17.3 Å². The maximum Gasteiger partial charge on any atom is 0.269 e. The summed E-state index contributed by atoms with van der Waals surface area (Å²) in [4.78, 5) is 10.2. The molecule has 0 saturated carbocycles. The third-order valence-electron chi connectivity index (χ3n) is 3.39. The minimum absolute atomic E-state index is 0.0160. The van der Waals surface area contributed by atoms with Crippen LogP contribution in [0.25, 0.3) is 6.08 Å². The van der Waals surface area contributed by atoms with E-state index >= 15 is 0 Å². The first kappa shape index (κ1) is 16.2. The number of non-ortho nitro benzene ring substituents is 1. The Hall–Kier alpha value is -3.13. The van der Waals surface area contributed by atoms with E-state index in [1.807, 2.05) is 24.3 Å². The Morgan fingerprint density at radius 3 is 2.26 bits per heavy atom. The van der Waals surface area contributed by atoms with Gasteiger partial charge in [-0.2, -0.15) is 5.26 Å². The van der Waals surface area contributed by atoms with Gasteiger partial charge in [0.25, 0.3) is 5.69 Å². The summed E-state index contributed by atoms with van der Waals surface area (Å²) in [5.74, 6) is 0.460. The standard InChI is InChI=1S/C18H17N3O2/c1-13(2)15-5-3-14(4-6-15)11-17(12-19)20-16-7-9-18(10-8-16)21(22)23/h3-11,13,20H,1-2H3/b17-11+. The summed E-state index contributed by atoms with van der Waals surface area (Å²) in [6.45, 7) is 4.25. The number of anilines is 1. The van der Waals surface area contributed by atoms with Crippen LogP contribution in [-0.4, -0.2) is 4.92 Å². The van der Waals surface area contributed by atoms with Crippen molar-refractivity contribution >= 4 is 17.5 Å². The number of hydrogen-bond donors (Lipinski definition) is 1. The molecule has 0 bridgehead atoms. The Morgan fingerprint density at radius 1 is 1.17 bits per heavy atom. The van der Waals surface area contributed by atoms with Crippen LogP contribution in [0.2, 0.25) is 0 Å². The van der Waals surface area contributed by atoms with Crippen molar-refractivity contribution in [2.45, 2.75) is 19.8 Å². The van der Waals surface area contributed by atoms with Crippen LogP contribution in [0.5, 0.6) is 0 Å². The SMILES string of the molecule is CC(C)c1ccc(/C=C(\C#N)Nc2ccc([N+](=O)[O-])cc2)cc1. The van der Waals surface area contributed by atoms with Crippen molar-refractivity contribution in [3.63, 3.8) is 0 Å². The highest BCUT2D eigenvalue weighted by Gasteiger charge is 2.05. The average Bonchev–Trinajstić information content (AvgIpc) is 2.55. The van der Waals surface area contributed by atoms with Gasteiger partial charge in [-0.1, -0.05) is 38.1 Å². The first-order valence-corrected chi connectivity index (χ1v) is 7.23. The Morgan fingerprint density at radius 2 is 1.78 bits per heavy atom. The molecule has 1 N–H and O–H groups in total. The minimum atomic E-state index is -0.457. The van der Waals surface area contributed by atoms with E-state index in [2.05, 4.69) is 25.2 Å². The molecule has 0 fully saturated rings. The average molecular weight is 307 g/mol. The van der Waals surface area contributed by atoms with Crippen LogP contribution in [0.1, 0.15) is 30.9 Å². The van der Waals surface area contributed by atoms with Gasteiger partial charge >= 0.3 is 0 Å². The maximum atomic E-state index is 10.6. The summed E-state index contributed by atoms with van der Waals surface area (Å²) in [7, 11) is 0. The second kappa shape index (κ2) is 7.23. The Bertz CT molecular complexity index is 754. The first-order valence-electron chi connectivity index (χ1n) is 7.23. The molecule has 0 aliphatic rings. The van der Waals surface area contributed by atoms with Crippen LogP contribution in [-0.2, 0) is 0 Å². The van der Waals surface area contributed by atoms with Gasteiger partial charge in [-0.05, 0) is 35.3 Å². The number of nitrogens with one attached hydrogen (secondary N) is 1. The quantitative estimate of drug-likeness (QED) is 0.493. The number of nitro benzene ring substituents is 1. The molecule has 0 aliphatic carbocycles. The zero-order chi connectivity index (χ0) is 16.8. The van der Waals surface area contributed by atoms with E-state index in [4.69, 9.17) is 0 Å². The molecule has 0 spiro atoms. The third-order valence-corrected chi connectivity index (χ3v) is 3.39. The Balaban J connectivity index is 2.15. The Kier molecular flexibility index (Phi) is 5.11. The number of allylic oxidation sites excluding steroid dienone is 1. The lowest BCUT2D eigenvalue weighted by Gasteiger charge is -2.06. The molecule has 23 heavy (non-hydrogen) atoms. The van der Waals surface area contributed by atoms with Gasteiger partial charge in [-0.3, -0.25) is 10.1 Å². The number of rotatable bonds is 5. The topological polar surface area (TPSA) is 79.0 Å². The van der Waals surface area contributed by atoms with E-state index in [9.17, 15) is 15.4 Å². The highest BCUT2D eigenvalue weighted by molar-refractivity contribution is 5.64. The Labute approximate surface area is 135 Å². The monoisotopic (exact) mass is 307 g/mol. The van der Waals surface area contributed by atoms with Crippen LogP contribution >= 0.6 is 0 Å². The lowest BCUT2D eigenvalue weighted by Crippen LogP contribution is -1.97. The van der Waals surface area contributed by atoms with Crippen molar-refractivity contribution in [2.24, 2.45) is 0 Å². The molecular weight excluding hydrogens is 290 g/mol. The molecule has 0 saturated heterocycles. The molecule has 2 aromatic carbocycles. The second-order valence-corrected chi connectivity index (χ2v) is 5.42. The highest BCUT2D eigenvalue weighted by atomic mass is 16.6. The maximum absolute atomic E-state index is 10.6. The van der Waals surface area contributed by atoms with Crippen molar-refractivity contribution in [3.8, 4) is 6.07 Å². The molecular formula is C18H17N3O2. The second-order valence-electron chi connectivity index (χ2n) is 5.42. The molecule has 5 nitrogen and oxygen atoms in total. The smallest absolute Gasteiger partial charge is 0.269 e. The summed E-state index contributed by atoms with van der Waals surface area (Å²) in [5.41, 5.74) is 3.17. The minimum Gasteiger partial charge on any atom is -0.347 e. The molecule has 5 heteroatoms. The van der Waals surface area contributed by atoms with Crippen molar-refractivity contribution in [3.05, 3.63) is 75.5 Å². The van der Waals surface area contributed by atoms with Crippen molar-refractivity contribution in [1.82, 2.24) is 0 Å². The molecule has 0 atom stereocenters. The van der Waals surface area contributed by atoms with Gasteiger partial charge in [0.2, 0.25) is 0 Å². The zero-order valence-corrected chi connectivity index (χ0v) is 13.0. The van der Waals surface area contributed by atoms with E-state index < -0.39 is 4.92 Å². The summed E-state index contributed by atoms with van der Waals surface area (Å²) in [6.07, 6.45) is 1.74. The van der Waals surface area contributed by atoms with Gasteiger partial charge in [0.05, 0.1) is 4.92 Å². The van der Waals surface area contributed by atoms with E-state index in [1.165, 1.54) is 17.7 Å². The number of nitro groups is 1. The molecule has 0 radical (unpaired) electrons. The van der Waals surface area contributed by atoms with Gasteiger partial charge in [-0.15, -0.1) is 0 Å². The fourth-order valence-electron chi connectivity index (χ4n) is 2.06. The number of benzene rings is 2. The molecule has 0 heterocycles. The van der Waals surface area contributed by atoms with Crippen molar-refractivity contribution in [1.29, 1.82) is 5.26 Å². The lowest BCUT2D eigenvalue weighted by atomic mass is 10.0. The van der Waals surface area contributed by atoms with Gasteiger partial charge in [-0.25, -0.2) is 0 Å². The summed E-state index contributed by atoms with van der Waals surface area (Å²) in [6, 6.07) is 16.0. The van der Waals surface area contributed by atoms with Crippen LogP contribution in [0.15, 0.2) is 54.2 Å². The number of nitrogens with zero attached hydrogens (tertiary/aromatic N) is 2. The van der Waals surface area contributed by atoms with Gasteiger partial charge in [0, 0.05) is 17.8 Å². The predicted molar refractivity (Wildman–Crippen MR) is 90.8 cm³/mol. The molecule has 2 aromatic rings. The molecule has 0 aromatic heterocycles. The van der Waals surface area contributed by atoms with Crippen LogP contribution in [0, 0.1) is 21.4 Å². The first-order chi connectivity index (χ1) is 11.0. The highest BCUT2D eigenvalue weighted by Crippen LogP contribution is 2.19. The van der Waals surface area contributed by atoms with Crippen LogP contribution < -0.4 is 5.32 Å². The van der Waals surface area contributed by atoms with E-state index in [0.717, 1.165) is 5.56 Å². The number of hydrogen-bond acceptors (Lipinski definition) is 4. The summed E-state index contributed by atoms with van der Waals surface area (Å²) >= 11 is 0. The lowest BCUT2D eigenvalue weighted by molar-refractivity contribution is -0.384. The largest absolute Gasteiger partial charge is 0.347 e. The summed E-state index contributed by atoms with van der Waals surface area (Å²) in [5, 5.41) is 22.8. The third kappa shape index (κ3) is 4.42. The molecule has 0 unspecified atom stereocenters. The van der Waals surface area contributed by atoms with Crippen molar-refractivity contribution < 1.29 is 4.92 Å². The predicted octanol–water partition coefficient (Wildman–Crippen LogP) is 4.69. The molecule has 0 amide bonds.